The van der Waals surface area contributed by atoms with Gasteiger partial charge in [0.1, 0.15) is 5.82 Å². The molecule has 0 bridgehead atoms. The Morgan fingerprint density at radius 2 is 1.91 bits per heavy atom. The maximum atomic E-state index is 5.38. The number of hydrogen-bond donors (Lipinski definition) is 2. The molecule has 1 fully saturated rings. The zero-order valence-corrected chi connectivity index (χ0v) is 14.4. The topological polar surface area (TPSA) is 53.2 Å². The lowest BCUT2D eigenvalue weighted by atomic mass is 9.86. The van der Waals surface area contributed by atoms with E-state index in [2.05, 4.69) is 72.4 Å². The van der Waals surface area contributed by atoms with Gasteiger partial charge in [-0.1, -0.05) is 32.9 Å². The Morgan fingerprint density at radius 3 is 2.57 bits per heavy atom. The van der Waals surface area contributed by atoms with E-state index in [0.29, 0.717) is 0 Å². The van der Waals surface area contributed by atoms with Crippen molar-refractivity contribution in [3.8, 4) is 0 Å². The van der Waals surface area contributed by atoms with Gasteiger partial charge in [0.15, 0.2) is 5.82 Å². The predicted octanol–water partition coefficient (Wildman–Crippen LogP) is 3.60. The van der Waals surface area contributed by atoms with E-state index in [1.807, 2.05) is 0 Å². The molecule has 23 heavy (non-hydrogen) atoms. The van der Waals surface area contributed by atoms with Crippen molar-refractivity contribution in [2.24, 2.45) is 0 Å². The van der Waals surface area contributed by atoms with Crippen LogP contribution in [0, 0.1) is 6.92 Å². The number of nitrogens with one attached hydrogen (secondary N) is 2. The fourth-order valence-electron chi connectivity index (χ4n) is 2.75. The molecule has 0 spiro atoms. The summed E-state index contributed by atoms with van der Waals surface area (Å²) >= 11 is 0. The van der Waals surface area contributed by atoms with Gasteiger partial charge in [0.2, 0.25) is 0 Å². The molecule has 1 aromatic heterocycles. The first-order valence-corrected chi connectivity index (χ1v) is 8.20. The van der Waals surface area contributed by atoms with Crippen LogP contribution >= 0.6 is 0 Å². The minimum absolute atomic E-state index is 0.167. The lowest BCUT2D eigenvalue weighted by molar-refractivity contribution is 0.122. The number of nitrogens with zero attached hydrogens (tertiary/aromatic N) is 2. The van der Waals surface area contributed by atoms with Crippen molar-refractivity contribution < 1.29 is 4.74 Å². The Hall–Kier alpha value is -2.01. The van der Waals surface area contributed by atoms with Crippen molar-refractivity contribution in [2.45, 2.75) is 33.1 Å². The van der Waals surface area contributed by atoms with Crippen LogP contribution < -0.4 is 10.2 Å². The third kappa shape index (κ3) is 3.67. The Labute approximate surface area is 138 Å². The van der Waals surface area contributed by atoms with E-state index in [4.69, 9.17) is 4.74 Å². The molecule has 3 rings (SSSR count). The molecule has 0 unspecified atom stereocenters. The normalized spacial score (nSPS) is 15.7. The number of aromatic nitrogens is 2. The zero-order valence-electron chi connectivity index (χ0n) is 14.4. The van der Waals surface area contributed by atoms with Crippen molar-refractivity contribution in [1.29, 1.82) is 0 Å². The number of benzene rings is 1. The fraction of sp³-hybridized carbons (Fsp3) is 0.500. The monoisotopic (exact) mass is 314 g/mol. The Bertz CT molecular complexity index is 666. The SMILES string of the molecule is Cc1cc(C(C)(C)C)ccc1Nc1cc(N2CCOCC2)n[nH]1. The number of anilines is 3. The number of aryl methyl sites for hydroxylation is 1. The second-order valence-corrected chi connectivity index (χ2v) is 7.14. The highest BCUT2D eigenvalue weighted by Gasteiger charge is 2.16. The summed E-state index contributed by atoms with van der Waals surface area (Å²) < 4.78 is 5.38. The highest BCUT2D eigenvalue weighted by atomic mass is 16.5. The van der Waals surface area contributed by atoms with E-state index in [1.165, 1.54) is 11.1 Å². The second kappa shape index (κ2) is 6.24. The van der Waals surface area contributed by atoms with Gasteiger partial charge in [0.05, 0.1) is 13.2 Å². The lowest BCUT2D eigenvalue weighted by Gasteiger charge is -2.26. The van der Waals surface area contributed by atoms with Gasteiger partial charge in [-0.2, -0.15) is 5.10 Å². The molecule has 0 aliphatic carbocycles. The predicted molar refractivity (Wildman–Crippen MR) is 94.8 cm³/mol. The Morgan fingerprint density at radius 1 is 1.17 bits per heavy atom. The molecule has 2 N–H and O–H groups in total. The summed E-state index contributed by atoms with van der Waals surface area (Å²) in [6.07, 6.45) is 0. The number of ether oxygens (including phenoxy) is 1. The molecule has 5 heteroatoms. The van der Waals surface area contributed by atoms with Crippen LogP contribution in [0.4, 0.5) is 17.3 Å². The minimum atomic E-state index is 0.167. The van der Waals surface area contributed by atoms with Crippen LogP contribution in [-0.4, -0.2) is 36.5 Å². The van der Waals surface area contributed by atoms with Crippen LogP contribution in [-0.2, 0) is 10.2 Å². The molecule has 2 aromatic rings. The van der Waals surface area contributed by atoms with E-state index < -0.39 is 0 Å². The number of rotatable bonds is 3. The Kier molecular flexibility index (Phi) is 4.31. The fourth-order valence-corrected chi connectivity index (χ4v) is 2.75. The van der Waals surface area contributed by atoms with Crippen molar-refractivity contribution in [1.82, 2.24) is 10.2 Å². The van der Waals surface area contributed by atoms with Crippen molar-refractivity contribution in [3.63, 3.8) is 0 Å². The zero-order chi connectivity index (χ0) is 16.4. The highest BCUT2D eigenvalue weighted by molar-refractivity contribution is 5.63. The first kappa shape index (κ1) is 15.9. The number of aromatic amines is 1. The Balaban J connectivity index is 1.73. The molecule has 0 saturated carbocycles. The minimum Gasteiger partial charge on any atom is -0.378 e. The molecule has 0 atom stereocenters. The van der Waals surface area contributed by atoms with Gasteiger partial charge in [0, 0.05) is 24.8 Å². The summed E-state index contributed by atoms with van der Waals surface area (Å²) in [5, 5.41) is 10.9. The van der Waals surface area contributed by atoms with Gasteiger partial charge in [-0.3, -0.25) is 5.10 Å². The number of morpholine rings is 1. The van der Waals surface area contributed by atoms with Gasteiger partial charge in [-0.15, -0.1) is 0 Å². The van der Waals surface area contributed by atoms with Crippen LogP contribution in [0.3, 0.4) is 0 Å². The van der Waals surface area contributed by atoms with Gasteiger partial charge in [0.25, 0.3) is 0 Å². The van der Waals surface area contributed by atoms with Crippen molar-refractivity contribution in [3.05, 3.63) is 35.4 Å². The average Bonchev–Trinajstić information content (AvgIpc) is 2.98. The quantitative estimate of drug-likeness (QED) is 0.909. The molecule has 0 amide bonds. The average molecular weight is 314 g/mol. The van der Waals surface area contributed by atoms with Crippen LogP contribution in [0.1, 0.15) is 31.9 Å². The van der Waals surface area contributed by atoms with Crippen molar-refractivity contribution in [2.75, 3.05) is 36.5 Å². The van der Waals surface area contributed by atoms with Crippen molar-refractivity contribution >= 4 is 17.3 Å². The van der Waals surface area contributed by atoms with Gasteiger partial charge >= 0.3 is 0 Å². The molecule has 124 valence electrons. The molecule has 1 aromatic carbocycles. The first-order chi connectivity index (χ1) is 10.9. The summed E-state index contributed by atoms with van der Waals surface area (Å²) in [6.45, 7) is 12.2. The second-order valence-electron chi connectivity index (χ2n) is 7.14. The smallest absolute Gasteiger partial charge is 0.152 e. The molecule has 0 radical (unpaired) electrons. The molecular formula is C18H26N4O. The summed E-state index contributed by atoms with van der Waals surface area (Å²) in [7, 11) is 0. The largest absolute Gasteiger partial charge is 0.378 e. The van der Waals surface area contributed by atoms with E-state index in [9.17, 15) is 0 Å². The molecule has 1 saturated heterocycles. The first-order valence-electron chi connectivity index (χ1n) is 8.20. The third-order valence-corrected chi connectivity index (χ3v) is 4.26. The van der Waals surface area contributed by atoms with E-state index >= 15 is 0 Å². The molecule has 1 aliphatic heterocycles. The highest BCUT2D eigenvalue weighted by Crippen LogP contribution is 2.28. The van der Waals surface area contributed by atoms with Crippen LogP contribution in [0.2, 0.25) is 0 Å². The summed E-state index contributed by atoms with van der Waals surface area (Å²) in [5.74, 6) is 1.89. The molecule has 5 nitrogen and oxygen atoms in total. The third-order valence-electron chi connectivity index (χ3n) is 4.26. The van der Waals surface area contributed by atoms with Gasteiger partial charge in [-0.25, -0.2) is 0 Å². The summed E-state index contributed by atoms with van der Waals surface area (Å²) in [5.41, 5.74) is 3.86. The van der Waals surface area contributed by atoms with Crippen LogP contribution in [0.15, 0.2) is 24.3 Å². The van der Waals surface area contributed by atoms with Gasteiger partial charge in [-0.05, 0) is 29.5 Å². The van der Waals surface area contributed by atoms with Crippen LogP contribution in [0.5, 0.6) is 0 Å². The number of H-pyrrole nitrogens is 1. The van der Waals surface area contributed by atoms with Crippen LogP contribution in [0.25, 0.3) is 0 Å². The maximum Gasteiger partial charge on any atom is 0.152 e. The summed E-state index contributed by atoms with van der Waals surface area (Å²) in [4.78, 5) is 2.24. The summed E-state index contributed by atoms with van der Waals surface area (Å²) in [6, 6.07) is 8.64. The maximum absolute atomic E-state index is 5.38. The molecular weight excluding hydrogens is 288 g/mol. The number of hydrogen-bond acceptors (Lipinski definition) is 4. The molecule has 2 heterocycles. The van der Waals surface area contributed by atoms with Gasteiger partial charge < -0.3 is 15.0 Å². The van der Waals surface area contributed by atoms with E-state index in [-0.39, 0.29) is 5.41 Å². The van der Waals surface area contributed by atoms with E-state index in [1.54, 1.807) is 0 Å². The standard InChI is InChI=1S/C18H26N4O/c1-13-11-14(18(2,3)4)5-6-15(13)19-16-12-17(21-20-16)22-7-9-23-10-8-22/h5-6,11-12H,7-10H2,1-4H3,(H2,19,20,21). The van der Waals surface area contributed by atoms with E-state index in [0.717, 1.165) is 43.6 Å². The lowest BCUT2D eigenvalue weighted by Crippen LogP contribution is -2.36. The molecule has 1 aliphatic rings.